The fourth-order valence-electron chi connectivity index (χ4n) is 2.28. The average molecular weight is 279 g/mol. The van der Waals surface area contributed by atoms with E-state index in [1.807, 2.05) is 30.8 Å². The summed E-state index contributed by atoms with van der Waals surface area (Å²) in [6.07, 6.45) is 1.65. The largest absolute Gasteiger partial charge is 0.464 e. The van der Waals surface area contributed by atoms with Crippen molar-refractivity contribution in [1.29, 1.82) is 0 Å². The SMILES string of the molecule is CCOC(=O)C1(Nc2ccc(C)cc2)CCSCC1. The van der Waals surface area contributed by atoms with Crippen LogP contribution in [0.15, 0.2) is 24.3 Å². The lowest BCUT2D eigenvalue weighted by molar-refractivity contribution is -0.148. The van der Waals surface area contributed by atoms with Crippen molar-refractivity contribution in [1.82, 2.24) is 0 Å². The predicted molar refractivity (Wildman–Crippen MR) is 80.7 cm³/mol. The van der Waals surface area contributed by atoms with Gasteiger partial charge in [-0.25, -0.2) is 4.79 Å². The van der Waals surface area contributed by atoms with Crippen molar-refractivity contribution in [2.45, 2.75) is 32.2 Å². The van der Waals surface area contributed by atoms with Gasteiger partial charge in [-0.3, -0.25) is 0 Å². The quantitative estimate of drug-likeness (QED) is 0.859. The zero-order valence-corrected chi connectivity index (χ0v) is 12.4. The highest BCUT2D eigenvalue weighted by atomic mass is 32.2. The number of carbonyl (C=O) groups is 1. The number of benzene rings is 1. The summed E-state index contributed by atoms with van der Waals surface area (Å²) in [7, 11) is 0. The van der Waals surface area contributed by atoms with Crippen LogP contribution in [0, 0.1) is 6.92 Å². The zero-order valence-electron chi connectivity index (χ0n) is 11.6. The normalized spacial score (nSPS) is 17.8. The Morgan fingerprint density at radius 2 is 1.95 bits per heavy atom. The molecular formula is C15H21NO2S. The van der Waals surface area contributed by atoms with Crippen molar-refractivity contribution in [2.24, 2.45) is 0 Å². The second kappa shape index (κ2) is 6.33. The average Bonchev–Trinajstić information content (AvgIpc) is 2.43. The minimum atomic E-state index is -0.545. The number of hydrogen-bond acceptors (Lipinski definition) is 4. The third kappa shape index (κ3) is 3.44. The second-order valence-corrected chi connectivity index (χ2v) is 6.13. The van der Waals surface area contributed by atoms with E-state index in [4.69, 9.17) is 4.74 Å². The van der Waals surface area contributed by atoms with E-state index in [2.05, 4.69) is 24.4 Å². The van der Waals surface area contributed by atoms with Crippen molar-refractivity contribution >= 4 is 23.4 Å². The zero-order chi connectivity index (χ0) is 13.7. The second-order valence-electron chi connectivity index (χ2n) is 4.91. The first kappa shape index (κ1) is 14.3. The maximum Gasteiger partial charge on any atom is 0.331 e. The van der Waals surface area contributed by atoms with Crippen LogP contribution >= 0.6 is 11.8 Å². The lowest BCUT2D eigenvalue weighted by atomic mass is 9.91. The molecule has 1 saturated heterocycles. The highest BCUT2D eigenvalue weighted by Gasteiger charge is 2.41. The van der Waals surface area contributed by atoms with E-state index in [-0.39, 0.29) is 5.97 Å². The van der Waals surface area contributed by atoms with E-state index in [0.717, 1.165) is 30.0 Å². The van der Waals surface area contributed by atoms with Gasteiger partial charge in [0.2, 0.25) is 0 Å². The Balaban J connectivity index is 2.17. The summed E-state index contributed by atoms with van der Waals surface area (Å²) in [5.74, 6) is 1.88. The van der Waals surface area contributed by atoms with Crippen LogP contribution in [-0.4, -0.2) is 29.6 Å². The van der Waals surface area contributed by atoms with Crippen LogP contribution in [-0.2, 0) is 9.53 Å². The summed E-state index contributed by atoms with van der Waals surface area (Å²) >= 11 is 1.90. The van der Waals surface area contributed by atoms with Crippen LogP contribution in [0.3, 0.4) is 0 Å². The topological polar surface area (TPSA) is 38.3 Å². The molecule has 0 spiro atoms. The summed E-state index contributed by atoms with van der Waals surface area (Å²) in [5.41, 5.74) is 1.66. The summed E-state index contributed by atoms with van der Waals surface area (Å²) in [6.45, 7) is 4.35. The molecule has 19 heavy (non-hydrogen) atoms. The first-order valence-electron chi connectivity index (χ1n) is 6.76. The molecule has 0 unspecified atom stereocenters. The smallest absolute Gasteiger partial charge is 0.331 e. The van der Waals surface area contributed by atoms with E-state index < -0.39 is 5.54 Å². The van der Waals surface area contributed by atoms with Gasteiger partial charge in [0.05, 0.1) is 6.61 Å². The van der Waals surface area contributed by atoms with Crippen LogP contribution in [0.1, 0.15) is 25.3 Å². The Bertz CT molecular complexity index is 424. The van der Waals surface area contributed by atoms with Crippen LogP contribution < -0.4 is 5.32 Å². The molecule has 1 aromatic carbocycles. The minimum absolute atomic E-state index is 0.115. The van der Waals surface area contributed by atoms with E-state index in [0.29, 0.717) is 6.61 Å². The molecule has 2 rings (SSSR count). The Morgan fingerprint density at radius 1 is 1.32 bits per heavy atom. The van der Waals surface area contributed by atoms with Gasteiger partial charge < -0.3 is 10.1 Å². The number of thioether (sulfide) groups is 1. The van der Waals surface area contributed by atoms with E-state index in [1.165, 1.54) is 5.56 Å². The first-order valence-corrected chi connectivity index (χ1v) is 7.91. The van der Waals surface area contributed by atoms with Gasteiger partial charge in [0.25, 0.3) is 0 Å². The van der Waals surface area contributed by atoms with Crippen LogP contribution in [0.5, 0.6) is 0 Å². The van der Waals surface area contributed by atoms with Gasteiger partial charge in [-0.1, -0.05) is 17.7 Å². The predicted octanol–water partition coefficient (Wildman–Crippen LogP) is 3.24. The molecule has 0 aromatic heterocycles. The summed E-state index contributed by atoms with van der Waals surface area (Å²) in [6, 6.07) is 8.16. The maximum atomic E-state index is 12.3. The van der Waals surface area contributed by atoms with Crippen molar-refractivity contribution in [2.75, 3.05) is 23.4 Å². The molecule has 0 radical (unpaired) electrons. The van der Waals surface area contributed by atoms with Gasteiger partial charge in [0.15, 0.2) is 0 Å². The Morgan fingerprint density at radius 3 is 2.53 bits per heavy atom. The number of rotatable bonds is 4. The van der Waals surface area contributed by atoms with E-state index in [1.54, 1.807) is 0 Å². The highest BCUT2D eigenvalue weighted by Crippen LogP contribution is 2.32. The molecule has 1 fully saturated rings. The van der Waals surface area contributed by atoms with Crippen molar-refractivity contribution in [3.05, 3.63) is 29.8 Å². The lowest BCUT2D eigenvalue weighted by Crippen LogP contribution is -2.50. The minimum Gasteiger partial charge on any atom is -0.464 e. The van der Waals surface area contributed by atoms with Gasteiger partial charge in [-0.2, -0.15) is 11.8 Å². The molecule has 3 nitrogen and oxygen atoms in total. The molecule has 0 atom stereocenters. The molecule has 1 aliphatic rings. The van der Waals surface area contributed by atoms with Crippen molar-refractivity contribution < 1.29 is 9.53 Å². The molecule has 104 valence electrons. The number of esters is 1. The molecule has 4 heteroatoms. The summed E-state index contributed by atoms with van der Waals surface area (Å²) in [4.78, 5) is 12.3. The van der Waals surface area contributed by atoms with Gasteiger partial charge in [0.1, 0.15) is 5.54 Å². The fourth-order valence-corrected chi connectivity index (χ4v) is 3.47. The van der Waals surface area contributed by atoms with Gasteiger partial charge >= 0.3 is 5.97 Å². The molecule has 0 aliphatic carbocycles. The first-order chi connectivity index (χ1) is 9.16. The van der Waals surface area contributed by atoms with E-state index >= 15 is 0 Å². The fraction of sp³-hybridized carbons (Fsp3) is 0.533. The molecule has 0 saturated carbocycles. The molecule has 1 heterocycles. The number of aryl methyl sites for hydroxylation is 1. The molecule has 1 aromatic rings. The standard InChI is InChI=1S/C15H21NO2S/c1-3-18-14(17)15(8-10-19-11-9-15)16-13-6-4-12(2)5-7-13/h4-7,16H,3,8-11H2,1-2H3. The maximum absolute atomic E-state index is 12.3. The van der Waals surface area contributed by atoms with Crippen molar-refractivity contribution in [3.63, 3.8) is 0 Å². The molecule has 0 bridgehead atoms. The molecule has 0 amide bonds. The Kier molecular flexibility index (Phi) is 4.75. The van der Waals surface area contributed by atoms with Crippen molar-refractivity contribution in [3.8, 4) is 0 Å². The van der Waals surface area contributed by atoms with Crippen LogP contribution in [0.25, 0.3) is 0 Å². The summed E-state index contributed by atoms with van der Waals surface area (Å²) < 4.78 is 5.27. The lowest BCUT2D eigenvalue weighted by Gasteiger charge is -2.36. The number of ether oxygens (including phenoxy) is 1. The highest BCUT2D eigenvalue weighted by molar-refractivity contribution is 7.99. The monoisotopic (exact) mass is 279 g/mol. The number of anilines is 1. The van der Waals surface area contributed by atoms with Crippen LogP contribution in [0.2, 0.25) is 0 Å². The Hall–Kier alpha value is -1.16. The molecular weight excluding hydrogens is 258 g/mol. The molecule has 1 aliphatic heterocycles. The van der Waals surface area contributed by atoms with E-state index in [9.17, 15) is 4.79 Å². The number of hydrogen-bond donors (Lipinski definition) is 1. The third-order valence-electron chi connectivity index (χ3n) is 3.45. The third-order valence-corrected chi connectivity index (χ3v) is 4.43. The number of carbonyl (C=O) groups excluding carboxylic acids is 1. The van der Waals surface area contributed by atoms with Gasteiger partial charge in [-0.05, 0) is 50.3 Å². The summed E-state index contributed by atoms with van der Waals surface area (Å²) in [5, 5.41) is 3.42. The Labute approximate surface area is 119 Å². The van der Waals surface area contributed by atoms with Gasteiger partial charge in [0, 0.05) is 5.69 Å². The van der Waals surface area contributed by atoms with Crippen LogP contribution in [0.4, 0.5) is 5.69 Å². The van der Waals surface area contributed by atoms with Gasteiger partial charge in [-0.15, -0.1) is 0 Å². The molecule has 1 N–H and O–H groups in total. The number of nitrogens with one attached hydrogen (secondary N) is 1.